The quantitative estimate of drug-likeness (QED) is 0.934. The lowest BCUT2D eigenvalue weighted by molar-refractivity contribution is 0.150. The fraction of sp³-hybridized carbons (Fsp3) is 0.688. The molecule has 0 aromatic carbocycles. The fourth-order valence-corrected chi connectivity index (χ4v) is 3.71. The van der Waals surface area contributed by atoms with Gasteiger partial charge in [-0.3, -0.25) is 0 Å². The summed E-state index contributed by atoms with van der Waals surface area (Å²) in [6.07, 6.45) is 7.75. The average molecular weight is 301 g/mol. The van der Waals surface area contributed by atoms with Crippen LogP contribution in [0, 0.1) is 5.41 Å². The number of anilines is 1. The summed E-state index contributed by atoms with van der Waals surface area (Å²) < 4.78 is 2.03. The van der Waals surface area contributed by atoms with Crippen LogP contribution in [0.3, 0.4) is 0 Å². The highest BCUT2D eigenvalue weighted by Crippen LogP contribution is 2.46. The van der Waals surface area contributed by atoms with Crippen molar-refractivity contribution in [2.75, 3.05) is 18.6 Å². The van der Waals surface area contributed by atoms with Crippen LogP contribution in [-0.2, 0) is 5.54 Å². The third-order valence-corrected chi connectivity index (χ3v) is 5.40. The van der Waals surface area contributed by atoms with Gasteiger partial charge in [0.25, 0.3) is 0 Å². The van der Waals surface area contributed by atoms with E-state index in [1.165, 1.54) is 12.8 Å². The molecule has 2 aromatic heterocycles. The molecule has 0 atom stereocenters. The van der Waals surface area contributed by atoms with Crippen LogP contribution >= 0.6 is 0 Å². The van der Waals surface area contributed by atoms with Gasteiger partial charge >= 0.3 is 0 Å². The molecule has 2 aromatic rings. The molecule has 2 aliphatic rings. The second-order valence-electron chi connectivity index (χ2n) is 7.70. The molecule has 0 spiro atoms. The van der Waals surface area contributed by atoms with Crippen molar-refractivity contribution in [1.29, 1.82) is 0 Å². The van der Waals surface area contributed by atoms with E-state index in [0.717, 1.165) is 29.8 Å². The highest BCUT2D eigenvalue weighted by molar-refractivity contribution is 5.83. The number of hydrogen-bond acceptors (Lipinski definition) is 5. The summed E-state index contributed by atoms with van der Waals surface area (Å²) in [6.45, 7) is 4.75. The van der Waals surface area contributed by atoms with Gasteiger partial charge in [-0.1, -0.05) is 13.8 Å². The Morgan fingerprint density at radius 2 is 2.00 bits per heavy atom. The van der Waals surface area contributed by atoms with Crippen LogP contribution in [0.5, 0.6) is 0 Å². The Balaban J connectivity index is 1.71. The lowest BCUT2D eigenvalue weighted by atomic mass is 9.68. The lowest BCUT2D eigenvalue weighted by Crippen LogP contribution is -2.47. The first-order chi connectivity index (χ1) is 10.5. The Morgan fingerprint density at radius 1 is 1.27 bits per heavy atom. The van der Waals surface area contributed by atoms with Gasteiger partial charge in [0, 0.05) is 13.1 Å². The molecule has 0 unspecified atom stereocenters. The predicted octanol–water partition coefficient (Wildman–Crippen LogP) is 1.93. The minimum absolute atomic E-state index is 0.143. The van der Waals surface area contributed by atoms with Crippen molar-refractivity contribution >= 4 is 17.0 Å². The van der Waals surface area contributed by atoms with Gasteiger partial charge in [-0.25, -0.2) is 15.0 Å². The van der Waals surface area contributed by atoms with Crippen LogP contribution < -0.4 is 4.90 Å². The molecular formula is C16H23N5O. The number of aliphatic hydroxyl groups is 1. The molecule has 2 saturated carbocycles. The Labute approximate surface area is 130 Å². The molecule has 0 amide bonds. The zero-order chi connectivity index (χ0) is 15.5. The van der Waals surface area contributed by atoms with Gasteiger partial charge in [-0.2, -0.15) is 0 Å². The van der Waals surface area contributed by atoms with Crippen LogP contribution in [-0.4, -0.2) is 44.3 Å². The standard InChI is InChI=1S/C16H23N5O/c1-15(2)6-11(7-15)20(3)13-12-14(18-9-17-13)21(10-19-12)16(8-22)4-5-16/h9-11,22H,4-8H2,1-3H3. The van der Waals surface area contributed by atoms with Gasteiger partial charge < -0.3 is 14.6 Å². The summed E-state index contributed by atoms with van der Waals surface area (Å²) in [5.41, 5.74) is 1.92. The maximum Gasteiger partial charge on any atom is 0.166 e. The summed E-state index contributed by atoms with van der Waals surface area (Å²) in [5.74, 6) is 0.901. The van der Waals surface area contributed by atoms with E-state index in [4.69, 9.17) is 0 Å². The van der Waals surface area contributed by atoms with E-state index >= 15 is 0 Å². The summed E-state index contributed by atoms with van der Waals surface area (Å²) >= 11 is 0. The first-order valence-electron chi connectivity index (χ1n) is 7.98. The summed E-state index contributed by atoms with van der Waals surface area (Å²) in [7, 11) is 2.10. The third-order valence-electron chi connectivity index (χ3n) is 5.40. The summed E-state index contributed by atoms with van der Waals surface area (Å²) in [6, 6.07) is 0.519. The van der Waals surface area contributed by atoms with Crippen molar-refractivity contribution in [2.24, 2.45) is 5.41 Å². The zero-order valence-electron chi connectivity index (χ0n) is 13.5. The second-order valence-corrected chi connectivity index (χ2v) is 7.70. The van der Waals surface area contributed by atoms with Crippen molar-refractivity contribution in [3.63, 3.8) is 0 Å². The van der Waals surface area contributed by atoms with Gasteiger partial charge in [0.2, 0.25) is 0 Å². The van der Waals surface area contributed by atoms with Gasteiger partial charge in [0.1, 0.15) is 6.33 Å². The van der Waals surface area contributed by atoms with E-state index < -0.39 is 0 Å². The largest absolute Gasteiger partial charge is 0.394 e. The molecule has 22 heavy (non-hydrogen) atoms. The highest BCUT2D eigenvalue weighted by atomic mass is 16.3. The Kier molecular flexibility index (Phi) is 2.79. The summed E-state index contributed by atoms with van der Waals surface area (Å²) in [4.78, 5) is 15.7. The second kappa shape index (κ2) is 4.41. The normalized spacial score (nSPS) is 22.5. The molecule has 2 heterocycles. The van der Waals surface area contributed by atoms with Crippen LogP contribution in [0.4, 0.5) is 5.82 Å². The molecule has 0 saturated heterocycles. The highest BCUT2D eigenvalue weighted by Gasteiger charge is 2.45. The fourth-order valence-electron chi connectivity index (χ4n) is 3.71. The number of fused-ring (bicyclic) bond motifs is 1. The molecule has 1 N–H and O–H groups in total. The van der Waals surface area contributed by atoms with E-state index in [1.54, 1.807) is 6.33 Å². The van der Waals surface area contributed by atoms with Crippen LogP contribution in [0.15, 0.2) is 12.7 Å². The molecular weight excluding hydrogens is 278 g/mol. The maximum absolute atomic E-state index is 9.66. The molecule has 6 nitrogen and oxygen atoms in total. The minimum atomic E-state index is -0.183. The van der Waals surface area contributed by atoms with Crippen molar-refractivity contribution in [1.82, 2.24) is 19.5 Å². The van der Waals surface area contributed by atoms with E-state index in [-0.39, 0.29) is 12.1 Å². The number of aliphatic hydroxyl groups excluding tert-OH is 1. The minimum Gasteiger partial charge on any atom is -0.394 e. The molecule has 0 radical (unpaired) electrons. The van der Waals surface area contributed by atoms with Gasteiger partial charge in [0.15, 0.2) is 17.0 Å². The Bertz CT molecular complexity index is 710. The van der Waals surface area contributed by atoms with Crippen molar-refractivity contribution in [3.8, 4) is 0 Å². The smallest absolute Gasteiger partial charge is 0.166 e. The third kappa shape index (κ3) is 1.93. The topological polar surface area (TPSA) is 67.1 Å². The average Bonchev–Trinajstić information content (AvgIpc) is 3.15. The van der Waals surface area contributed by atoms with E-state index in [2.05, 4.69) is 40.7 Å². The van der Waals surface area contributed by atoms with Gasteiger partial charge in [0.05, 0.1) is 18.5 Å². The molecule has 2 aliphatic carbocycles. The monoisotopic (exact) mass is 301 g/mol. The maximum atomic E-state index is 9.66. The molecule has 4 rings (SSSR count). The van der Waals surface area contributed by atoms with Gasteiger partial charge in [-0.05, 0) is 31.1 Å². The van der Waals surface area contributed by atoms with Crippen molar-refractivity contribution in [3.05, 3.63) is 12.7 Å². The van der Waals surface area contributed by atoms with Crippen LogP contribution in [0.2, 0.25) is 0 Å². The number of aromatic nitrogens is 4. The number of imidazole rings is 1. The zero-order valence-corrected chi connectivity index (χ0v) is 13.5. The molecule has 2 fully saturated rings. The SMILES string of the molecule is CN(c1ncnc2c1ncn2C1(CO)CC1)C1CC(C)(C)C1. The van der Waals surface area contributed by atoms with Gasteiger partial charge in [-0.15, -0.1) is 0 Å². The molecule has 6 heteroatoms. The number of nitrogens with zero attached hydrogens (tertiary/aromatic N) is 5. The first kappa shape index (κ1) is 13.9. The van der Waals surface area contributed by atoms with E-state index in [0.29, 0.717) is 11.5 Å². The number of rotatable bonds is 4. The molecule has 0 bridgehead atoms. The molecule has 118 valence electrons. The Morgan fingerprint density at radius 3 is 2.59 bits per heavy atom. The first-order valence-corrected chi connectivity index (χ1v) is 7.98. The van der Waals surface area contributed by atoms with Crippen LogP contribution in [0.25, 0.3) is 11.2 Å². The molecule has 0 aliphatic heterocycles. The van der Waals surface area contributed by atoms with Crippen molar-refractivity contribution in [2.45, 2.75) is 51.1 Å². The predicted molar refractivity (Wildman–Crippen MR) is 84.8 cm³/mol. The van der Waals surface area contributed by atoms with E-state index in [1.807, 2.05) is 10.9 Å². The van der Waals surface area contributed by atoms with E-state index in [9.17, 15) is 5.11 Å². The number of hydrogen-bond donors (Lipinski definition) is 1. The Hall–Kier alpha value is -1.69. The van der Waals surface area contributed by atoms with Crippen LogP contribution in [0.1, 0.15) is 39.5 Å². The summed E-state index contributed by atoms with van der Waals surface area (Å²) in [5, 5.41) is 9.66. The van der Waals surface area contributed by atoms with Crippen molar-refractivity contribution < 1.29 is 5.11 Å². The lowest BCUT2D eigenvalue weighted by Gasteiger charge is -2.47.